The van der Waals surface area contributed by atoms with Crippen LogP contribution in [-0.2, 0) is 12.8 Å². The average Bonchev–Trinajstić information content (AvgIpc) is 2.95. The van der Waals surface area contributed by atoms with E-state index in [1.54, 1.807) is 0 Å². The Morgan fingerprint density at radius 3 is 2.59 bits per heavy atom. The van der Waals surface area contributed by atoms with E-state index in [-0.39, 0.29) is 12.4 Å². The average molecular weight is 296 g/mol. The number of aromatic nitrogens is 1. The molecule has 0 atom stereocenters. The number of hydrogen-bond donors (Lipinski definition) is 2. The molecule has 0 amide bonds. The molecule has 0 fully saturated rings. The molecule has 1 aromatic heterocycles. The lowest BCUT2D eigenvalue weighted by Gasteiger charge is -2.03. The molecule has 0 saturated heterocycles. The van der Waals surface area contributed by atoms with Crippen LogP contribution >= 0.6 is 0 Å². The first-order valence-electron chi connectivity index (χ1n) is 7.55. The summed E-state index contributed by atoms with van der Waals surface area (Å²) in [5.41, 5.74) is 4.59. The van der Waals surface area contributed by atoms with E-state index in [0.717, 1.165) is 35.9 Å². The largest absolute Gasteiger partial charge is 0.396 e. The van der Waals surface area contributed by atoms with E-state index in [2.05, 4.69) is 29.6 Å². The predicted molar refractivity (Wildman–Crippen MR) is 87.2 cm³/mol. The Kier molecular flexibility index (Phi) is 4.54. The summed E-state index contributed by atoms with van der Waals surface area (Å²) in [6, 6.07) is 13.0. The molecule has 0 bridgehead atoms. The van der Waals surface area contributed by atoms with Crippen molar-refractivity contribution in [2.45, 2.75) is 19.3 Å². The fourth-order valence-corrected chi connectivity index (χ4v) is 2.65. The second kappa shape index (κ2) is 6.75. The van der Waals surface area contributed by atoms with Gasteiger partial charge in [-0.1, -0.05) is 18.2 Å². The molecule has 1 radical (unpaired) electrons. The van der Waals surface area contributed by atoms with Crippen molar-refractivity contribution in [2.75, 3.05) is 6.61 Å². The summed E-state index contributed by atoms with van der Waals surface area (Å²) >= 11 is 0. The van der Waals surface area contributed by atoms with E-state index in [9.17, 15) is 4.39 Å². The fraction of sp³-hybridized carbons (Fsp3) is 0.211. The number of aliphatic hydroxyl groups is 1. The van der Waals surface area contributed by atoms with E-state index in [1.807, 2.05) is 18.3 Å². The highest BCUT2D eigenvalue weighted by Gasteiger charge is 2.06. The molecule has 3 heteroatoms. The summed E-state index contributed by atoms with van der Waals surface area (Å²) in [6.45, 7) is 0.217. The van der Waals surface area contributed by atoms with Gasteiger partial charge in [-0.3, -0.25) is 0 Å². The van der Waals surface area contributed by atoms with Crippen molar-refractivity contribution >= 4 is 10.9 Å². The summed E-state index contributed by atoms with van der Waals surface area (Å²) in [4.78, 5) is 3.28. The van der Waals surface area contributed by atoms with Crippen LogP contribution in [0.25, 0.3) is 10.9 Å². The number of rotatable bonds is 6. The van der Waals surface area contributed by atoms with E-state index < -0.39 is 0 Å². The van der Waals surface area contributed by atoms with E-state index in [0.29, 0.717) is 0 Å². The molecule has 0 aliphatic rings. The summed E-state index contributed by atoms with van der Waals surface area (Å²) in [5, 5.41) is 10.1. The number of H-pyrrole nitrogens is 1. The maximum atomic E-state index is 12.9. The number of halogens is 1. The predicted octanol–water partition coefficient (Wildman–Crippen LogP) is 4.03. The Hall–Kier alpha value is -2.13. The van der Waals surface area contributed by atoms with Gasteiger partial charge in [-0.15, -0.1) is 0 Å². The lowest BCUT2D eigenvalue weighted by atomic mass is 10.0. The van der Waals surface area contributed by atoms with Crippen LogP contribution in [0, 0.1) is 12.2 Å². The molecule has 1 heterocycles. The Labute approximate surface area is 129 Å². The van der Waals surface area contributed by atoms with Crippen LogP contribution in [0.3, 0.4) is 0 Å². The maximum Gasteiger partial charge on any atom is 0.123 e. The molecule has 3 aromatic rings. The van der Waals surface area contributed by atoms with Gasteiger partial charge in [0.1, 0.15) is 5.82 Å². The summed E-state index contributed by atoms with van der Waals surface area (Å²) in [7, 11) is 0. The van der Waals surface area contributed by atoms with Crippen molar-refractivity contribution in [1.29, 1.82) is 0 Å². The first-order valence-corrected chi connectivity index (χ1v) is 7.55. The summed E-state index contributed by atoms with van der Waals surface area (Å²) < 4.78 is 12.9. The molecule has 22 heavy (non-hydrogen) atoms. The molecule has 0 aliphatic heterocycles. The van der Waals surface area contributed by atoms with Gasteiger partial charge in [0.15, 0.2) is 0 Å². The van der Waals surface area contributed by atoms with Crippen LogP contribution in [-0.4, -0.2) is 16.7 Å². The van der Waals surface area contributed by atoms with Gasteiger partial charge in [0.25, 0.3) is 0 Å². The number of aryl methyl sites for hydroxylation is 1. The lowest BCUT2D eigenvalue weighted by molar-refractivity contribution is 0.288. The number of fused-ring (bicyclic) bond motifs is 1. The second-order valence-electron chi connectivity index (χ2n) is 5.49. The molecule has 2 N–H and O–H groups in total. The molecule has 0 spiro atoms. The summed E-state index contributed by atoms with van der Waals surface area (Å²) in [5.74, 6) is -0.204. The van der Waals surface area contributed by atoms with Gasteiger partial charge in [0, 0.05) is 23.7 Å². The van der Waals surface area contributed by atoms with Crippen LogP contribution in [0.2, 0.25) is 0 Å². The molecule has 3 rings (SSSR count). The van der Waals surface area contributed by atoms with Crippen molar-refractivity contribution in [3.05, 3.63) is 77.6 Å². The fourth-order valence-electron chi connectivity index (χ4n) is 2.65. The first-order chi connectivity index (χ1) is 10.8. The van der Waals surface area contributed by atoms with Crippen molar-refractivity contribution in [3.8, 4) is 0 Å². The number of hydrogen-bond acceptors (Lipinski definition) is 1. The van der Waals surface area contributed by atoms with Crippen molar-refractivity contribution in [1.82, 2.24) is 4.98 Å². The third kappa shape index (κ3) is 3.37. The van der Waals surface area contributed by atoms with Gasteiger partial charge in [0.2, 0.25) is 0 Å². The Morgan fingerprint density at radius 2 is 1.82 bits per heavy atom. The monoisotopic (exact) mass is 296 g/mol. The molecule has 113 valence electrons. The maximum absolute atomic E-state index is 12.9. The van der Waals surface area contributed by atoms with E-state index in [1.165, 1.54) is 23.1 Å². The number of nitrogens with one attached hydrogen (secondary N) is 1. The molecular formula is C19H19FNO. The molecular weight excluding hydrogens is 277 g/mol. The van der Waals surface area contributed by atoms with Crippen LogP contribution in [0.4, 0.5) is 4.39 Å². The third-order valence-corrected chi connectivity index (χ3v) is 3.87. The highest BCUT2D eigenvalue weighted by Crippen LogP contribution is 2.23. The van der Waals surface area contributed by atoms with E-state index in [4.69, 9.17) is 5.11 Å². The van der Waals surface area contributed by atoms with Crippen LogP contribution < -0.4 is 0 Å². The van der Waals surface area contributed by atoms with Crippen LogP contribution in [0.15, 0.2) is 48.7 Å². The quantitative estimate of drug-likeness (QED) is 0.708. The van der Waals surface area contributed by atoms with Gasteiger partial charge in [-0.2, -0.15) is 0 Å². The first kappa shape index (κ1) is 14.8. The smallest absolute Gasteiger partial charge is 0.123 e. The highest BCUT2D eigenvalue weighted by atomic mass is 19.1. The molecule has 0 aliphatic carbocycles. The summed E-state index contributed by atoms with van der Waals surface area (Å²) in [6.07, 6.45) is 6.60. The number of aromatic amines is 1. The Bertz CT molecular complexity index is 746. The zero-order valence-electron chi connectivity index (χ0n) is 12.3. The molecule has 0 unspecified atom stereocenters. The van der Waals surface area contributed by atoms with E-state index >= 15 is 0 Å². The van der Waals surface area contributed by atoms with Crippen LogP contribution in [0.1, 0.15) is 23.1 Å². The molecule has 2 aromatic carbocycles. The topological polar surface area (TPSA) is 36.0 Å². The van der Waals surface area contributed by atoms with Gasteiger partial charge in [-0.05, 0) is 66.6 Å². The minimum Gasteiger partial charge on any atom is -0.396 e. The van der Waals surface area contributed by atoms with Crippen molar-refractivity contribution < 1.29 is 9.50 Å². The SMILES string of the molecule is OCCCc1ccc2[nH]cc([CH]Cc3ccc(F)cc3)c2c1. The normalized spacial score (nSPS) is 11.2. The molecule has 2 nitrogen and oxygen atoms in total. The second-order valence-corrected chi connectivity index (χ2v) is 5.49. The van der Waals surface area contributed by atoms with Crippen LogP contribution in [0.5, 0.6) is 0 Å². The van der Waals surface area contributed by atoms with Gasteiger partial charge >= 0.3 is 0 Å². The van der Waals surface area contributed by atoms with Gasteiger partial charge in [0.05, 0.1) is 0 Å². The zero-order valence-corrected chi connectivity index (χ0v) is 12.3. The highest BCUT2D eigenvalue weighted by molar-refractivity contribution is 5.85. The number of benzene rings is 2. The van der Waals surface area contributed by atoms with Gasteiger partial charge in [-0.25, -0.2) is 4.39 Å². The van der Waals surface area contributed by atoms with Crippen molar-refractivity contribution in [2.24, 2.45) is 0 Å². The number of aliphatic hydroxyl groups excluding tert-OH is 1. The minimum atomic E-state index is -0.204. The van der Waals surface area contributed by atoms with Crippen molar-refractivity contribution in [3.63, 3.8) is 0 Å². The van der Waals surface area contributed by atoms with Gasteiger partial charge < -0.3 is 10.1 Å². The Balaban J connectivity index is 1.76. The zero-order chi connectivity index (χ0) is 15.4. The molecule has 0 saturated carbocycles. The third-order valence-electron chi connectivity index (χ3n) is 3.87. The Morgan fingerprint density at radius 1 is 1.05 bits per heavy atom. The lowest BCUT2D eigenvalue weighted by Crippen LogP contribution is -1.90. The standard InChI is InChI=1S/C19H19FNO/c20-17-8-4-14(5-9-17)3-7-16-13-21-19-10-6-15(2-1-11-22)12-18(16)19/h4-10,12-13,21-22H,1-3,11H2. The minimum absolute atomic E-state index is 0.204.